The van der Waals surface area contributed by atoms with Crippen LogP contribution in [0.1, 0.15) is 20.4 Å². The first-order valence-electron chi connectivity index (χ1n) is 7.45. The molecular weight excluding hydrogens is 317 g/mol. The number of carbonyl (C=O) groups is 1. The first kappa shape index (κ1) is 16.0. The fourth-order valence-corrected chi connectivity index (χ4v) is 3.40. The molecule has 1 amide bonds. The van der Waals surface area contributed by atoms with Crippen LogP contribution >= 0.6 is 11.3 Å². The minimum atomic E-state index is -0.329. The second kappa shape index (κ2) is 7.16. The molecule has 1 fully saturated rings. The summed E-state index contributed by atoms with van der Waals surface area (Å²) in [5, 5.41) is 3.70. The molecule has 3 rings (SSSR count). The van der Waals surface area contributed by atoms with E-state index in [4.69, 9.17) is 4.74 Å². The fraction of sp³-hybridized carbons (Fsp3) is 0.375. The summed E-state index contributed by atoms with van der Waals surface area (Å²) >= 11 is 1.40. The Morgan fingerprint density at radius 3 is 2.74 bits per heavy atom. The topological polar surface area (TPSA) is 54.5 Å². The molecule has 0 bridgehead atoms. The van der Waals surface area contributed by atoms with Gasteiger partial charge in [0.25, 0.3) is 5.91 Å². The lowest BCUT2D eigenvalue weighted by atomic mass is 10.3. The van der Waals surface area contributed by atoms with Crippen molar-refractivity contribution < 1.29 is 13.9 Å². The number of thiazole rings is 1. The molecule has 1 aliphatic heterocycles. The van der Waals surface area contributed by atoms with Crippen LogP contribution in [-0.4, -0.2) is 42.1 Å². The predicted octanol–water partition coefficient (Wildman–Crippen LogP) is 2.68. The van der Waals surface area contributed by atoms with Crippen LogP contribution in [0.3, 0.4) is 0 Å². The monoisotopic (exact) mass is 335 g/mol. The van der Waals surface area contributed by atoms with Gasteiger partial charge in [0.15, 0.2) is 0 Å². The van der Waals surface area contributed by atoms with Crippen molar-refractivity contribution in [3.8, 4) is 0 Å². The molecule has 1 saturated heterocycles. The van der Waals surface area contributed by atoms with Gasteiger partial charge in [0.2, 0.25) is 0 Å². The van der Waals surface area contributed by atoms with E-state index < -0.39 is 0 Å². The molecule has 0 radical (unpaired) electrons. The number of aromatic nitrogens is 1. The van der Waals surface area contributed by atoms with E-state index in [1.165, 1.54) is 35.6 Å². The van der Waals surface area contributed by atoms with E-state index in [1.807, 2.05) is 6.92 Å². The van der Waals surface area contributed by atoms with Gasteiger partial charge in [0, 0.05) is 18.8 Å². The van der Waals surface area contributed by atoms with E-state index in [9.17, 15) is 9.18 Å². The average Bonchev–Trinajstić information content (AvgIpc) is 2.91. The van der Waals surface area contributed by atoms with Crippen LogP contribution in [0.2, 0.25) is 0 Å². The zero-order valence-corrected chi connectivity index (χ0v) is 13.7. The van der Waals surface area contributed by atoms with Gasteiger partial charge >= 0.3 is 0 Å². The molecule has 1 N–H and O–H groups in total. The number of rotatable bonds is 4. The van der Waals surface area contributed by atoms with Crippen molar-refractivity contribution in [2.24, 2.45) is 0 Å². The largest absolute Gasteiger partial charge is 0.379 e. The molecule has 0 unspecified atom stereocenters. The highest BCUT2D eigenvalue weighted by molar-refractivity contribution is 7.13. The maximum absolute atomic E-state index is 12.9. The van der Waals surface area contributed by atoms with Crippen LogP contribution in [0.5, 0.6) is 0 Å². The van der Waals surface area contributed by atoms with Gasteiger partial charge in [-0.25, -0.2) is 9.37 Å². The molecule has 122 valence electrons. The summed E-state index contributed by atoms with van der Waals surface area (Å²) in [4.78, 5) is 19.7. The maximum atomic E-state index is 12.9. The molecule has 2 aromatic rings. The average molecular weight is 335 g/mol. The second-order valence-electron chi connectivity index (χ2n) is 5.37. The first-order chi connectivity index (χ1) is 11.1. The van der Waals surface area contributed by atoms with Crippen molar-refractivity contribution in [3.05, 3.63) is 45.7 Å². The third kappa shape index (κ3) is 4.13. The number of nitrogens with one attached hydrogen (secondary N) is 1. The number of amides is 1. The maximum Gasteiger partial charge on any atom is 0.267 e. The third-order valence-electron chi connectivity index (χ3n) is 3.61. The quantitative estimate of drug-likeness (QED) is 0.933. The van der Waals surface area contributed by atoms with Crippen molar-refractivity contribution in [1.82, 2.24) is 9.88 Å². The Morgan fingerprint density at radius 2 is 2.04 bits per heavy atom. The van der Waals surface area contributed by atoms with Gasteiger partial charge in [-0.2, -0.15) is 0 Å². The van der Waals surface area contributed by atoms with Gasteiger partial charge in [0.1, 0.15) is 15.7 Å². The molecular formula is C16H18FN3O2S. The Kier molecular flexibility index (Phi) is 5.00. The summed E-state index contributed by atoms with van der Waals surface area (Å²) in [5.41, 5.74) is 1.29. The van der Waals surface area contributed by atoms with Crippen molar-refractivity contribution in [1.29, 1.82) is 0 Å². The van der Waals surface area contributed by atoms with E-state index in [1.54, 1.807) is 0 Å². The summed E-state index contributed by atoms with van der Waals surface area (Å²) in [7, 11) is 0. The highest BCUT2D eigenvalue weighted by Crippen LogP contribution is 2.21. The van der Waals surface area contributed by atoms with Gasteiger partial charge in [-0.3, -0.25) is 9.69 Å². The molecule has 7 heteroatoms. The SMILES string of the molecule is Cc1nc(CN2CCOCC2)sc1C(=O)Nc1ccc(F)cc1. The Labute approximate surface area is 138 Å². The summed E-state index contributed by atoms with van der Waals surface area (Å²) in [6.45, 7) is 5.81. The summed E-state index contributed by atoms with van der Waals surface area (Å²) in [6.07, 6.45) is 0. The van der Waals surface area contributed by atoms with E-state index in [-0.39, 0.29) is 11.7 Å². The number of halogens is 1. The number of hydrogen-bond acceptors (Lipinski definition) is 5. The number of benzene rings is 1. The van der Waals surface area contributed by atoms with Crippen LogP contribution < -0.4 is 5.32 Å². The van der Waals surface area contributed by atoms with Crippen molar-refractivity contribution >= 4 is 22.9 Å². The van der Waals surface area contributed by atoms with Gasteiger partial charge in [-0.15, -0.1) is 11.3 Å². The molecule has 1 aromatic carbocycles. The molecule has 0 spiro atoms. The highest BCUT2D eigenvalue weighted by Gasteiger charge is 2.18. The van der Waals surface area contributed by atoms with Gasteiger partial charge in [-0.1, -0.05) is 0 Å². The van der Waals surface area contributed by atoms with Crippen molar-refractivity contribution in [3.63, 3.8) is 0 Å². The lowest BCUT2D eigenvalue weighted by molar-refractivity contribution is 0.0341. The number of hydrogen-bond donors (Lipinski definition) is 1. The third-order valence-corrected chi connectivity index (χ3v) is 4.75. The molecule has 1 aromatic heterocycles. The zero-order chi connectivity index (χ0) is 16.2. The van der Waals surface area contributed by atoms with E-state index in [0.29, 0.717) is 10.6 Å². The smallest absolute Gasteiger partial charge is 0.267 e. The van der Waals surface area contributed by atoms with E-state index in [0.717, 1.165) is 43.5 Å². The minimum Gasteiger partial charge on any atom is -0.379 e. The highest BCUT2D eigenvalue weighted by atomic mass is 32.1. The zero-order valence-electron chi connectivity index (χ0n) is 12.8. The van der Waals surface area contributed by atoms with Crippen molar-refractivity contribution in [2.75, 3.05) is 31.6 Å². The molecule has 5 nitrogen and oxygen atoms in total. The van der Waals surface area contributed by atoms with Gasteiger partial charge in [0.05, 0.1) is 25.5 Å². The van der Waals surface area contributed by atoms with Crippen LogP contribution in [-0.2, 0) is 11.3 Å². The lowest BCUT2D eigenvalue weighted by Gasteiger charge is -2.25. The molecule has 1 aliphatic rings. The Hall–Kier alpha value is -1.83. The molecule has 0 saturated carbocycles. The predicted molar refractivity (Wildman–Crippen MR) is 87.3 cm³/mol. The molecule has 0 aliphatic carbocycles. The Bertz CT molecular complexity index is 681. The van der Waals surface area contributed by atoms with E-state index in [2.05, 4.69) is 15.2 Å². The Balaban J connectivity index is 1.67. The van der Waals surface area contributed by atoms with E-state index >= 15 is 0 Å². The number of ether oxygens (including phenoxy) is 1. The number of carbonyl (C=O) groups excluding carboxylic acids is 1. The number of morpholine rings is 1. The van der Waals surface area contributed by atoms with Crippen molar-refractivity contribution in [2.45, 2.75) is 13.5 Å². The molecule has 23 heavy (non-hydrogen) atoms. The van der Waals surface area contributed by atoms with Crippen LogP contribution in [0.25, 0.3) is 0 Å². The molecule has 0 atom stereocenters. The van der Waals surface area contributed by atoms with Gasteiger partial charge in [-0.05, 0) is 31.2 Å². The minimum absolute atomic E-state index is 0.208. The number of aryl methyl sites for hydroxylation is 1. The number of anilines is 1. The van der Waals surface area contributed by atoms with Crippen LogP contribution in [0.4, 0.5) is 10.1 Å². The second-order valence-corrected chi connectivity index (χ2v) is 6.46. The summed E-state index contributed by atoms with van der Waals surface area (Å²) in [6, 6.07) is 5.72. The summed E-state index contributed by atoms with van der Waals surface area (Å²) in [5.74, 6) is -0.537. The van der Waals surface area contributed by atoms with Gasteiger partial charge < -0.3 is 10.1 Å². The number of nitrogens with zero attached hydrogens (tertiary/aromatic N) is 2. The van der Waals surface area contributed by atoms with Crippen LogP contribution in [0.15, 0.2) is 24.3 Å². The standard InChI is InChI=1S/C16H18FN3O2S/c1-11-15(16(21)19-13-4-2-12(17)3-5-13)23-14(18-11)10-20-6-8-22-9-7-20/h2-5H,6-10H2,1H3,(H,19,21). The molecule has 2 heterocycles. The normalized spacial score (nSPS) is 15.6. The lowest BCUT2D eigenvalue weighted by Crippen LogP contribution is -2.35. The fourth-order valence-electron chi connectivity index (χ4n) is 2.40. The Morgan fingerprint density at radius 1 is 1.35 bits per heavy atom. The summed E-state index contributed by atoms with van der Waals surface area (Å²) < 4.78 is 18.2. The van der Waals surface area contributed by atoms with Crippen LogP contribution in [0, 0.1) is 12.7 Å². The first-order valence-corrected chi connectivity index (χ1v) is 8.27.